The highest BCUT2D eigenvalue weighted by molar-refractivity contribution is 6.26. The first-order chi connectivity index (χ1) is 14.8. The Kier molecular flexibility index (Phi) is 3.50. The average molecular weight is 389 g/mol. The highest BCUT2D eigenvalue weighted by Crippen LogP contribution is 2.41. The van der Waals surface area contributed by atoms with Crippen LogP contribution in [0, 0.1) is 0 Å². The van der Waals surface area contributed by atoms with E-state index in [-0.39, 0.29) is 5.91 Å². The Labute approximate surface area is 173 Å². The lowest BCUT2D eigenvalue weighted by molar-refractivity contribution is 0.0945. The van der Waals surface area contributed by atoms with Crippen molar-refractivity contribution < 1.29 is 4.79 Å². The topological polar surface area (TPSA) is 31.9 Å². The van der Waals surface area contributed by atoms with Crippen molar-refractivity contribution in [2.24, 2.45) is 0 Å². The van der Waals surface area contributed by atoms with Gasteiger partial charge < -0.3 is 4.57 Å². The number of nitrogens with zero attached hydrogens (tertiary/aromatic N) is 3. The lowest BCUT2D eigenvalue weighted by Gasteiger charge is -2.10. The van der Waals surface area contributed by atoms with Gasteiger partial charge in [0, 0.05) is 41.2 Å². The maximum atomic E-state index is 12.9. The summed E-state index contributed by atoms with van der Waals surface area (Å²) in [5.74, 6) is -0.000330. The van der Waals surface area contributed by atoms with Crippen molar-refractivity contribution in [3.63, 3.8) is 0 Å². The number of rotatable bonds is 2. The van der Waals surface area contributed by atoms with E-state index in [1.165, 1.54) is 0 Å². The maximum absolute atomic E-state index is 12.9. The van der Waals surface area contributed by atoms with E-state index in [0.717, 1.165) is 44.2 Å². The van der Waals surface area contributed by atoms with Gasteiger partial charge in [0.1, 0.15) is 5.65 Å². The van der Waals surface area contributed by atoms with Gasteiger partial charge in [0.05, 0.1) is 16.7 Å². The molecule has 0 aliphatic carbocycles. The second-order valence-corrected chi connectivity index (χ2v) is 7.50. The number of hydrogen-bond acceptors (Lipinski definition) is 1. The van der Waals surface area contributed by atoms with Crippen molar-refractivity contribution in [2.75, 3.05) is 0 Å². The van der Waals surface area contributed by atoms with Gasteiger partial charge in [-0.2, -0.15) is 0 Å². The molecule has 3 aromatic carbocycles. The van der Waals surface area contributed by atoms with E-state index in [2.05, 4.69) is 45.5 Å². The number of benzene rings is 3. The van der Waals surface area contributed by atoms with Crippen LogP contribution in [-0.4, -0.2) is 19.6 Å². The third-order valence-electron chi connectivity index (χ3n) is 5.78. The molecule has 0 unspecified atom stereocenters. The highest BCUT2D eigenvalue weighted by atomic mass is 16.1. The summed E-state index contributed by atoms with van der Waals surface area (Å²) < 4.78 is 6.16. The molecular formula is C26H19N3O. The molecule has 4 nitrogen and oxygen atoms in total. The van der Waals surface area contributed by atoms with Gasteiger partial charge in [0.25, 0.3) is 0 Å². The molecule has 0 bridgehead atoms. The zero-order valence-electron chi connectivity index (χ0n) is 16.5. The molecule has 6 aromatic rings. The SMILES string of the molecule is CC(=O)n1c2cccc(-n3cccc3)c2c2c3ccccc3n(-c3ccccc3)c21. The third-order valence-corrected chi connectivity index (χ3v) is 5.78. The van der Waals surface area contributed by atoms with Gasteiger partial charge in [-0.15, -0.1) is 0 Å². The summed E-state index contributed by atoms with van der Waals surface area (Å²) >= 11 is 0. The Morgan fingerprint density at radius 2 is 1.40 bits per heavy atom. The van der Waals surface area contributed by atoms with Crippen LogP contribution in [0.2, 0.25) is 0 Å². The average Bonchev–Trinajstić information content (AvgIpc) is 3.48. The van der Waals surface area contributed by atoms with Crippen LogP contribution in [0.4, 0.5) is 0 Å². The number of fused-ring (bicyclic) bond motifs is 5. The lowest BCUT2D eigenvalue weighted by atomic mass is 10.1. The predicted octanol–water partition coefficient (Wildman–Crippen LogP) is 6.19. The van der Waals surface area contributed by atoms with Crippen LogP contribution in [0.25, 0.3) is 44.2 Å². The molecular weight excluding hydrogens is 370 g/mol. The largest absolute Gasteiger partial charge is 0.323 e. The quantitative estimate of drug-likeness (QED) is 0.347. The summed E-state index contributed by atoms with van der Waals surface area (Å²) in [6.45, 7) is 1.63. The minimum absolute atomic E-state index is 0.000330. The summed E-state index contributed by atoms with van der Waals surface area (Å²) in [5.41, 5.74) is 5.03. The number of para-hydroxylation sites is 2. The van der Waals surface area contributed by atoms with Gasteiger partial charge in [-0.25, -0.2) is 0 Å². The third kappa shape index (κ3) is 2.19. The minimum atomic E-state index is -0.000330. The molecule has 144 valence electrons. The van der Waals surface area contributed by atoms with Crippen molar-refractivity contribution in [1.29, 1.82) is 0 Å². The van der Waals surface area contributed by atoms with E-state index in [1.807, 2.05) is 65.5 Å². The van der Waals surface area contributed by atoms with Crippen LogP contribution >= 0.6 is 0 Å². The van der Waals surface area contributed by atoms with Gasteiger partial charge in [-0.1, -0.05) is 42.5 Å². The van der Waals surface area contributed by atoms with Crippen molar-refractivity contribution in [1.82, 2.24) is 13.7 Å². The number of hydrogen-bond donors (Lipinski definition) is 0. The number of carbonyl (C=O) groups is 1. The summed E-state index contributed by atoms with van der Waals surface area (Å²) in [6.07, 6.45) is 4.09. The Bertz CT molecular complexity index is 1550. The molecule has 0 saturated carbocycles. The van der Waals surface area contributed by atoms with Gasteiger partial charge in [-0.3, -0.25) is 13.9 Å². The van der Waals surface area contributed by atoms with Crippen LogP contribution in [0.15, 0.2) is 97.3 Å². The highest BCUT2D eigenvalue weighted by Gasteiger charge is 2.24. The zero-order chi connectivity index (χ0) is 20.2. The standard InChI is InChI=1S/C26H19N3O/c1-18(30)28-23-15-9-14-22(27-16-7-8-17-27)25(23)24-20-12-5-6-13-21(20)29(26(24)28)19-10-3-2-4-11-19/h2-17H,1H3. The van der Waals surface area contributed by atoms with E-state index >= 15 is 0 Å². The van der Waals surface area contributed by atoms with Crippen molar-refractivity contribution >= 4 is 38.7 Å². The first kappa shape index (κ1) is 16.9. The van der Waals surface area contributed by atoms with Crippen LogP contribution < -0.4 is 0 Å². The number of carbonyl (C=O) groups excluding carboxylic acids is 1. The first-order valence-electron chi connectivity index (χ1n) is 10.0. The van der Waals surface area contributed by atoms with E-state index < -0.39 is 0 Å². The molecule has 0 saturated heterocycles. The molecule has 0 spiro atoms. The maximum Gasteiger partial charge on any atom is 0.229 e. The summed E-state index contributed by atoms with van der Waals surface area (Å²) in [4.78, 5) is 12.9. The fourth-order valence-electron chi connectivity index (χ4n) is 4.64. The molecule has 0 amide bonds. The van der Waals surface area contributed by atoms with Gasteiger partial charge in [0.2, 0.25) is 5.91 Å². The molecule has 3 aromatic heterocycles. The van der Waals surface area contributed by atoms with E-state index in [4.69, 9.17) is 0 Å². The lowest BCUT2D eigenvalue weighted by Crippen LogP contribution is -2.08. The molecule has 0 radical (unpaired) electrons. The van der Waals surface area contributed by atoms with E-state index in [1.54, 1.807) is 6.92 Å². The van der Waals surface area contributed by atoms with Gasteiger partial charge in [0.15, 0.2) is 0 Å². The van der Waals surface area contributed by atoms with Crippen LogP contribution in [0.5, 0.6) is 0 Å². The van der Waals surface area contributed by atoms with Crippen LogP contribution in [-0.2, 0) is 0 Å². The van der Waals surface area contributed by atoms with E-state index in [0.29, 0.717) is 0 Å². The summed E-state index contributed by atoms with van der Waals surface area (Å²) in [6, 6.07) is 28.8. The second kappa shape index (κ2) is 6.22. The Morgan fingerprint density at radius 3 is 2.17 bits per heavy atom. The Morgan fingerprint density at radius 1 is 0.700 bits per heavy atom. The second-order valence-electron chi connectivity index (χ2n) is 7.50. The van der Waals surface area contributed by atoms with Crippen molar-refractivity contribution in [3.8, 4) is 11.4 Å². The first-order valence-corrected chi connectivity index (χ1v) is 10.0. The fourth-order valence-corrected chi connectivity index (χ4v) is 4.64. The molecule has 0 atom stereocenters. The molecule has 0 N–H and O–H groups in total. The Balaban J connectivity index is 1.93. The van der Waals surface area contributed by atoms with Crippen molar-refractivity contribution in [3.05, 3.63) is 97.3 Å². The van der Waals surface area contributed by atoms with Gasteiger partial charge in [-0.05, 0) is 42.5 Å². The number of aromatic nitrogens is 3. The van der Waals surface area contributed by atoms with Crippen LogP contribution in [0.3, 0.4) is 0 Å². The zero-order valence-corrected chi connectivity index (χ0v) is 16.5. The molecule has 6 rings (SSSR count). The summed E-state index contributed by atoms with van der Waals surface area (Å²) in [7, 11) is 0. The normalized spacial score (nSPS) is 11.6. The minimum Gasteiger partial charge on any atom is -0.323 e. The molecule has 0 aliphatic rings. The molecule has 3 heterocycles. The molecule has 4 heteroatoms. The predicted molar refractivity (Wildman–Crippen MR) is 122 cm³/mol. The van der Waals surface area contributed by atoms with Crippen molar-refractivity contribution in [2.45, 2.75) is 6.92 Å². The smallest absolute Gasteiger partial charge is 0.229 e. The van der Waals surface area contributed by atoms with Crippen LogP contribution in [0.1, 0.15) is 11.7 Å². The van der Waals surface area contributed by atoms with E-state index in [9.17, 15) is 4.79 Å². The fraction of sp³-hybridized carbons (Fsp3) is 0.0385. The molecule has 0 aliphatic heterocycles. The molecule has 30 heavy (non-hydrogen) atoms. The Hall–Kier alpha value is -4.05. The molecule has 0 fully saturated rings. The monoisotopic (exact) mass is 389 g/mol. The van der Waals surface area contributed by atoms with Gasteiger partial charge >= 0.3 is 0 Å². The summed E-state index contributed by atoms with van der Waals surface area (Å²) in [5, 5.41) is 3.33.